The van der Waals surface area contributed by atoms with Crippen molar-refractivity contribution in [2.75, 3.05) is 0 Å². The van der Waals surface area contributed by atoms with Crippen molar-refractivity contribution in [3.05, 3.63) is 87.7 Å². The molecule has 0 spiro atoms. The third-order valence-electron chi connectivity index (χ3n) is 3.64. The maximum absolute atomic E-state index is 12.4. The number of hydrogen-bond donors (Lipinski definition) is 0. The van der Waals surface area contributed by atoms with Crippen molar-refractivity contribution in [3.8, 4) is 0 Å². The molecule has 5 heteroatoms. The number of rotatable bonds is 4. The molecule has 0 N–H and O–H groups in total. The average Bonchev–Trinajstić information content (AvgIpc) is 3.02. The summed E-state index contributed by atoms with van der Waals surface area (Å²) in [5.74, 6) is -0.310. The van der Waals surface area contributed by atoms with E-state index < -0.39 is 0 Å². The van der Waals surface area contributed by atoms with Crippen LogP contribution >= 0.6 is 11.3 Å². The molecule has 3 rings (SSSR count). The lowest BCUT2D eigenvalue weighted by atomic mass is 10.1. The quantitative estimate of drug-likeness (QED) is 0.685. The van der Waals surface area contributed by atoms with Crippen molar-refractivity contribution in [2.24, 2.45) is 4.99 Å². The zero-order valence-corrected chi connectivity index (χ0v) is 14.0. The van der Waals surface area contributed by atoms with Gasteiger partial charge < -0.3 is 4.57 Å². The van der Waals surface area contributed by atoms with Crippen molar-refractivity contribution < 1.29 is 9.59 Å². The van der Waals surface area contributed by atoms with Crippen LogP contribution in [0.2, 0.25) is 0 Å². The molecule has 1 amide bonds. The summed E-state index contributed by atoms with van der Waals surface area (Å²) >= 11 is 1.34. The molecule has 0 unspecified atom stereocenters. The van der Waals surface area contributed by atoms with Gasteiger partial charge in [-0.2, -0.15) is 4.99 Å². The molecule has 0 aliphatic rings. The van der Waals surface area contributed by atoms with E-state index in [1.807, 2.05) is 48.7 Å². The molecule has 1 aromatic heterocycles. The number of aromatic nitrogens is 1. The lowest BCUT2D eigenvalue weighted by Gasteiger charge is -2.03. The maximum atomic E-state index is 12.4. The van der Waals surface area contributed by atoms with E-state index in [0.717, 1.165) is 5.56 Å². The van der Waals surface area contributed by atoms with E-state index in [2.05, 4.69) is 4.99 Å². The molecule has 0 aliphatic carbocycles. The highest BCUT2D eigenvalue weighted by molar-refractivity contribution is 7.07. The van der Waals surface area contributed by atoms with Gasteiger partial charge >= 0.3 is 0 Å². The van der Waals surface area contributed by atoms with Gasteiger partial charge in [0.15, 0.2) is 10.6 Å². The van der Waals surface area contributed by atoms with Crippen LogP contribution in [-0.4, -0.2) is 16.3 Å². The van der Waals surface area contributed by atoms with Gasteiger partial charge in [0.05, 0.1) is 6.54 Å². The number of Topliss-reactive ketones (excluding diaryl/α,β-unsaturated/α-hetero) is 1. The number of ketones is 1. The van der Waals surface area contributed by atoms with Gasteiger partial charge in [0.1, 0.15) is 0 Å². The Hall–Kier alpha value is -2.79. The topological polar surface area (TPSA) is 51.4 Å². The van der Waals surface area contributed by atoms with E-state index in [0.29, 0.717) is 15.9 Å². The van der Waals surface area contributed by atoms with Gasteiger partial charge in [-0.1, -0.05) is 48.5 Å². The third kappa shape index (κ3) is 3.58. The maximum Gasteiger partial charge on any atom is 0.279 e. The number of nitrogens with zero attached hydrogens (tertiary/aromatic N) is 2. The molecule has 0 saturated heterocycles. The first-order chi connectivity index (χ1) is 11.6. The summed E-state index contributed by atoms with van der Waals surface area (Å²) in [4.78, 5) is 29.4. The molecular weight excluding hydrogens is 320 g/mol. The van der Waals surface area contributed by atoms with E-state index in [-0.39, 0.29) is 18.2 Å². The molecule has 0 aliphatic heterocycles. The van der Waals surface area contributed by atoms with Crippen LogP contribution in [0.15, 0.2) is 71.2 Å². The number of benzene rings is 2. The average molecular weight is 336 g/mol. The van der Waals surface area contributed by atoms with Crippen molar-refractivity contribution in [1.82, 2.24) is 4.57 Å². The Morgan fingerprint density at radius 2 is 1.75 bits per heavy atom. The van der Waals surface area contributed by atoms with Crippen molar-refractivity contribution in [3.63, 3.8) is 0 Å². The van der Waals surface area contributed by atoms with Crippen molar-refractivity contribution in [1.29, 1.82) is 0 Å². The number of thiazole rings is 1. The Kier molecular flexibility index (Phi) is 4.82. The van der Waals surface area contributed by atoms with Gasteiger partial charge in [-0.15, -0.1) is 11.3 Å². The fourth-order valence-corrected chi connectivity index (χ4v) is 3.06. The second-order valence-electron chi connectivity index (χ2n) is 5.33. The minimum Gasteiger partial charge on any atom is -0.316 e. The van der Waals surface area contributed by atoms with Crippen molar-refractivity contribution >= 4 is 23.0 Å². The predicted octanol–water partition coefficient (Wildman–Crippen LogP) is 3.48. The fourth-order valence-electron chi connectivity index (χ4n) is 2.34. The molecule has 0 fully saturated rings. The fraction of sp³-hybridized carbons (Fsp3) is 0.105. The molecule has 0 bridgehead atoms. The van der Waals surface area contributed by atoms with Crippen LogP contribution in [-0.2, 0) is 6.54 Å². The summed E-state index contributed by atoms with van der Waals surface area (Å²) in [7, 11) is 0. The van der Waals surface area contributed by atoms with Gasteiger partial charge in [0.2, 0.25) is 0 Å². The smallest absolute Gasteiger partial charge is 0.279 e. The lowest BCUT2D eigenvalue weighted by molar-refractivity contribution is 0.0963. The summed E-state index contributed by atoms with van der Waals surface area (Å²) in [6.45, 7) is 2.04. The number of hydrogen-bond acceptors (Lipinski definition) is 3. The molecule has 2 aromatic carbocycles. The summed E-state index contributed by atoms with van der Waals surface area (Å²) in [5.41, 5.74) is 2.11. The first-order valence-corrected chi connectivity index (χ1v) is 8.40. The van der Waals surface area contributed by atoms with Gasteiger partial charge in [0.25, 0.3) is 5.91 Å². The van der Waals surface area contributed by atoms with Crippen LogP contribution < -0.4 is 4.80 Å². The summed E-state index contributed by atoms with van der Waals surface area (Å²) in [6.07, 6.45) is 1.77. The first-order valence-electron chi connectivity index (χ1n) is 7.52. The Bertz CT molecular complexity index is 939. The Balaban J connectivity index is 1.87. The van der Waals surface area contributed by atoms with Crippen molar-refractivity contribution in [2.45, 2.75) is 13.5 Å². The molecule has 4 nitrogen and oxygen atoms in total. The van der Waals surface area contributed by atoms with E-state index in [1.54, 1.807) is 29.0 Å². The van der Waals surface area contributed by atoms with Crippen LogP contribution in [0, 0.1) is 6.92 Å². The van der Waals surface area contributed by atoms with E-state index in [4.69, 9.17) is 0 Å². The van der Waals surface area contributed by atoms with Gasteiger partial charge in [-0.25, -0.2) is 0 Å². The van der Waals surface area contributed by atoms with Gasteiger partial charge in [0, 0.05) is 22.7 Å². The van der Waals surface area contributed by atoms with Gasteiger partial charge in [-0.3, -0.25) is 9.59 Å². The number of aryl methyl sites for hydroxylation is 1. The monoisotopic (exact) mass is 336 g/mol. The van der Waals surface area contributed by atoms with E-state index >= 15 is 0 Å². The number of carbonyl (C=O) groups is 2. The summed E-state index contributed by atoms with van der Waals surface area (Å²) < 4.78 is 1.70. The highest BCUT2D eigenvalue weighted by atomic mass is 32.1. The molecule has 0 saturated carbocycles. The standard InChI is InChI=1S/C19H16N2O2S/c1-14-7-5-6-10-16(14)18(23)20-19-21(11-12-24-19)13-17(22)15-8-3-2-4-9-15/h2-12H,13H2,1H3. The Morgan fingerprint density at radius 1 is 1.04 bits per heavy atom. The Morgan fingerprint density at radius 3 is 2.50 bits per heavy atom. The molecule has 3 aromatic rings. The highest BCUT2D eigenvalue weighted by Gasteiger charge is 2.10. The minimum atomic E-state index is -0.295. The van der Waals surface area contributed by atoms with Crippen LogP contribution in [0.25, 0.3) is 0 Å². The van der Waals surface area contributed by atoms with Gasteiger partial charge in [-0.05, 0) is 18.6 Å². The molecule has 0 radical (unpaired) electrons. The molecule has 120 valence electrons. The van der Waals surface area contributed by atoms with E-state index in [1.165, 1.54) is 11.3 Å². The zero-order chi connectivity index (χ0) is 16.9. The number of amides is 1. The molecule has 0 atom stereocenters. The predicted molar refractivity (Wildman–Crippen MR) is 94.2 cm³/mol. The largest absolute Gasteiger partial charge is 0.316 e. The van der Waals surface area contributed by atoms with Crippen LogP contribution in [0.5, 0.6) is 0 Å². The normalized spacial score (nSPS) is 11.5. The third-order valence-corrected chi connectivity index (χ3v) is 4.44. The second-order valence-corrected chi connectivity index (χ2v) is 6.21. The minimum absolute atomic E-state index is 0.0150. The van der Waals surface area contributed by atoms with Crippen LogP contribution in [0.4, 0.5) is 0 Å². The number of carbonyl (C=O) groups excluding carboxylic acids is 2. The van der Waals surface area contributed by atoms with Crippen LogP contribution in [0.3, 0.4) is 0 Å². The van der Waals surface area contributed by atoms with E-state index in [9.17, 15) is 9.59 Å². The lowest BCUT2D eigenvalue weighted by Crippen LogP contribution is -2.21. The summed E-state index contributed by atoms with van der Waals surface area (Å²) in [5, 5.41) is 1.82. The summed E-state index contributed by atoms with van der Waals surface area (Å²) in [6, 6.07) is 16.4. The second kappa shape index (κ2) is 7.19. The first kappa shape index (κ1) is 16.1. The zero-order valence-electron chi connectivity index (χ0n) is 13.2. The SMILES string of the molecule is Cc1ccccc1C(=O)N=c1sccn1CC(=O)c1ccccc1. The molecular formula is C19H16N2O2S. The molecule has 24 heavy (non-hydrogen) atoms. The van der Waals surface area contributed by atoms with Crippen LogP contribution in [0.1, 0.15) is 26.3 Å². The molecule has 1 heterocycles. The Labute approximate surface area is 143 Å². The highest BCUT2D eigenvalue weighted by Crippen LogP contribution is 2.08.